The van der Waals surface area contributed by atoms with Crippen LogP contribution in [-0.4, -0.2) is 41.7 Å². The van der Waals surface area contributed by atoms with Gasteiger partial charge in [0.25, 0.3) is 0 Å². The summed E-state index contributed by atoms with van der Waals surface area (Å²) in [5.41, 5.74) is 6.89. The second-order valence-electron chi connectivity index (χ2n) is 9.36. The van der Waals surface area contributed by atoms with Gasteiger partial charge in [-0.15, -0.1) is 0 Å². The highest BCUT2D eigenvalue weighted by Crippen LogP contribution is 2.50. The Morgan fingerprint density at radius 3 is 2.31 bits per heavy atom. The van der Waals surface area contributed by atoms with E-state index in [2.05, 4.69) is 20.6 Å². The van der Waals surface area contributed by atoms with Crippen molar-refractivity contribution in [3.8, 4) is 11.4 Å². The lowest BCUT2D eigenvalue weighted by molar-refractivity contribution is 0.187. The van der Waals surface area contributed by atoms with Gasteiger partial charge in [0.05, 0.1) is 22.7 Å². The van der Waals surface area contributed by atoms with Gasteiger partial charge in [-0.2, -0.15) is 0 Å². The van der Waals surface area contributed by atoms with Crippen LogP contribution in [0.4, 0.5) is 16.3 Å². The lowest BCUT2D eigenvalue weighted by Gasteiger charge is -2.40. The molecule has 4 rings (SSSR count). The van der Waals surface area contributed by atoms with E-state index in [1.165, 1.54) is 0 Å². The fourth-order valence-corrected chi connectivity index (χ4v) is 6.20. The van der Waals surface area contributed by atoms with E-state index >= 15 is 0 Å². The van der Waals surface area contributed by atoms with E-state index in [1.807, 2.05) is 0 Å². The number of carbonyl (C=O) groups is 1. The number of aliphatic hydroxyl groups excluding tert-OH is 1. The van der Waals surface area contributed by atoms with Gasteiger partial charge in [0.15, 0.2) is 15.7 Å². The van der Waals surface area contributed by atoms with Crippen LogP contribution < -0.4 is 16.4 Å². The monoisotopic (exact) mass is 495 g/mol. The van der Waals surface area contributed by atoms with Crippen molar-refractivity contribution in [2.45, 2.75) is 48.3 Å². The largest absolute Gasteiger partial charge is 0.394 e. The number of urea groups is 1. The number of nitrogens with one attached hydrogen (secondary N) is 2. The summed E-state index contributed by atoms with van der Waals surface area (Å²) in [6.45, 7) is 3.21. The van der Waals surface area contributed by atoms with Crippen LogP contribution in [0.25, 0.3) is 11.4 Å². The van der Waals surface area contributed by atoms with Gasteiger partial charge in [-0.1, -0.05) is 18.2 Å². The molecule has 1 fully saturated rings. The fraction of sp³-hybridized carbons (Fsp3) is 0.320. The van der Waals surface area contributed by atoms with Crippen LogP contribution in [0.15, 0.2) is 65.6 Å². The van der Waals surface area contributed by atoms with Gasteiger partial charge < -0.3 is 21.5 Å². The summed E-state index contributed by atoms with van der Waals surface area (Å²) in [4.78, 5) is 21.4. The second kappa shape index (κ2) is 9.27. The number of sulfone groups is 1. The molecule has 5 N–H and O–H groups in total. The number of aliphatic hydroxyl groups is 1. The van der Waals surface area contributed by atoms with Gasteiger partial charge in [-0.25, -0.2) is 23.2 Å². The first kappa shape index (κ1) is 24.6. The number of anilines is 2. The zero-order chi connectivity index (χ0) is 25.3. The summed E-state index contributed by atoms with van der Waals surface area (Å²) in [6.07, 6.45) is 1.70. The predicted molar refractivity (Wildman–Crippen MR) is 134 cm³/mol. The molecule has 2 aromatic carbocycles. The molecule has 1 aromatic heterocycles. The third-order valence-corrected chi connectivity index (χ3v) is 8.73. The molecule has 9 nitrogen and oxygen atoms in total. The number of aromatic nitrogens is 2. The van der Waals surface area contributed by atoms with Crippen molar-refractivity contribution in [2.24, 2.45) is 0 Å². The van der Waals surface area contributed by atoms with E-state index in [4.69, 9.17) is 5.73 Å². The molecule has 0 radical (unpaired) electrons. The van der Waals surface area contributed by atoms with Crippen LogP contribution in [0.3, 0.4) is 0 Å². The normalized spacial score (nSPS) is 15.2. The van der Waals surface area contributed by atoms with Crippen molar-refractivity contribution in [2.75, 3.05) is 17.7 Å². The van der Waals surface area contributed by atoms with Gasteiger partial charge in [0.2, 0.25) is 0 Å². The average molecular weight is 496 g/mol. The quantitative estimate of drug-likeness (QED) is 0.392. The Morgan fingerprint density at radius 2 is 1.74 bits per heavy atom. The van der Waals surface area contributed by atoms with E-state index in [0.29, 0.717) is 35.6 Å². The highest BCUT2D eigenvalue weighted by atomic mass is 32.2. The molecule has 35 heavy (non-hydrogen) atoms. The number of nitrogens with zero attached hydrogens (tertiary/aromatic N) is 2. The summed E-state index contributed by atoms with van der Waals surface area (Å²) >= 11 is 0. The maximum absolute atomic E-state index is 13.6. The van der Waals surface area contributed by atoms with Crippen molar-refractivity contribution in [1.82, 2.24) is 15.3 Å². The van der Waals surface area contributed by atoms with Crippen LogP contribution in [0, 0.1) is 0 Å². The minimum atomic E-state index is -3.69. The first-order chi connectivity index (χ1) is 16.6. The minimum absolute atomic E-state index is 0.187. The molecule has 1 aliphatic carbocycles. The molecule has 2 amide bonds. The van der Waals surface area contributed by atoms with Gasteiger partial charge in [0.1, 0.15) is 10.6 Å². The number of benzene rings is 2. The summed E-state index contributed by atoms with van der Waals surface area (Å²) < 4.78 is 26.1. The lowest BCUT2D eigenvalue weighted by Crippen LogP contribution is -2.48. The number of amides is 2. The Kier molecular flexibility index (Phi) is 6.52. The lowest BCUT2D eigenvalue weighted by atomic mass is 9.81. The minimum Gasteiger partial charge on any atom is -0.394 e. The molecule has 0 spiro atoms. The Bertz CT molecular complexity index is 1320. The number of nitrogens with two attached hydrogens (primary N) is 1. The van der Waals surface area contributed by atoms with Crippen LogP contribution in [0.1, 0.15) is 38.8 Å². The van der Waals surface area contributed by atoms with Gasteiger partial charge in [-0.05, 0) is 69.5 Å². The molecule has 1 heterocycles. The Balaban J connectivity index is 1.62. The summed E-state index contributed by atoms with van der Waals surface area (Å²) in [7, 11) is -3.69. The molecule has 3 aromatic rings. The van der Waals surface area contributed by atoms with Crippen LogP contribution >= 0.6 is 0 Å². The predicted octanol–water partition coefficient (Wildman–Crippen LogP) is 3.47. The third kappa shape index (κ3) is 4.85. The number of carbonyl (C=O) groups excluding carboxylic acids is 1. The topological polar surface area (TPSA) is 147 Å². The number of hydrogen-bond acceptors (Lipinski definition) is 7. The van der Waals surface area contributed by atoms with Gasteiger partial charge >= 0.3 is 6.03 Å². The third-order valence-electron chi connectivity index (χ3n) is 6.19. The molecule has 0 unspecified atom stereocenters. The molecule has 0 bridgehead atoms. The Hall–Kier alpha value is -3.50. The number of nitrogen functional groups attached to an aromatic ring is 1. The van der Waals surface area contributed by atoms with Crippen molar-refractivity contribution >= 4 is 27.4 Å². The molecule has 0 aliphatic heterocycles. The SMILES string of the molecule is CC(C)(CO)NC(=O)Nc1ccc(-c2nc(N)cc(C3(S(=O)(=O)c4ccccc4)CCC3)n2)cc1. The van der Waals surface area contributed by atoms with E-state index in [0.717, 1.165) is 6.42 Å². The summed E-state index contributed by atoms with van der Waals surface area (Å²) in [5, 5.41) is 14.7. The molecule has 10 heteroatoms. The molecular formula is C25H29N5O4S. The molecular weight excluding hydrogens is 466 g/mol. The Labute approximate surface area is 204 Å². The molecule has 1 saturated carbocycles. The van der Waals surface area contributed by atoms with Crippen molar-refractivity contribution in [3.63, 3.8) is 0 Å². The second-order valence-corrected chi connectivity index (χ2v) is 11.6. The van der Waals surface area contributed by atoms with E-state index in [9.17, 15) is 18.3 Å². The zero-order valence-electron chi connectivity index (χ0n) is 19.7. The highest BCUT2D eigenvalue weighted by Gasteiger charge is 2.52. The maximum atomic E-state index is 13.6. The molecule has 1 aliphatic rings. The molecule has 0 atom stereocenters. The van der Waals surface area contributed by atoms with E-state index in [1.54, 1.807) is 74.5 Å². The smallest absolute Gasteiger partial charge is 0.319 e. The number of rotatable bonds is 7. The number of hydrogen-bond donors (Lipinski definition) is 4. The van der Waals surface area contributed by atoms with Crippen LogP contribution in [-0.2, 0) is 14.6 Å². The summed E-state index contributed by atoms with van der Waals surface area (Å²) in [5.74, 6) is 0.499. The summed E-state index contributed by atoms with van der Waals surface area (Å²) in [6, 6.07) is 16.3. The van der Waals surface area contributed by atoms with Crippen molar-refractivity contribution in [1.29, 1.82) is 0 Å². The standard InChI is InChI=1S/C25H29N5O4S/c1-24(2,16-31)30-23(32)27-18-11-9-17(10-12-18)22-28-20(15-21(26)29-22)25(13-6-14-25)35(33,34)19-7-4-3-5-8-19/h3-5,7-12,15,31H,6,13-14,16H2,1-2H3,(H2,26,28,29)(H2,27,30,32). The Morgan fingerprint density at radius 1 is 1.09 bits per heavy atom. The van der Waals surface area contributed by atoms with Gasteiger partial charge in [0, 0.05) is 17.3 Å². The van der Waals surface area contributed by atoms with E-state index in [-0.39, 0.29) is 17.3 Å². The fourth-order valence-electron chi connectivity index (χ4n) is 4.03. The highest BCUT2D eigenvalue weighted by molar-refractivity contribution is 7.92. The van der Waals surface area contributed by atoms with Gasteiger partial charge in [-0.3, -0.25) is 0 Å². The zero-order valence-corrected chi connectivity index (χ0v) is 20.5. The first-order valence-electron chi connectivity index (χ1n) is 11.3. The average Bonchev–Trinajstić information content (AvgIpc) is 2.78. The van der Waals surface area contributed by atoms with Crippen LogP contribution in [0.2, 0.25) is 0 Å². The van der Waals surface area contributed by atoms with Crippen LogP contribution in [0.5, 0.6) is 0 Å². The molecule has 0 saturated heterocycles. The van der Waals surface area contributed by atoms with E-state index < -0.39 is 26.2 Å². The first-order valence-corrected chi connectivity index (χ1v) is 12.8. The van der Waals surface area contributed by atoms with Crippen molar-refractivity contribution in [3.05, 3.63) is 66.4 Å². The van der Waals surface area contributed by atoms with Crippen molar-refractivity contribution < 1.29 is 18.3 Å². The molecule has 184 valence electrons. The maximum Gasteiger partial charge on any atom is 0.319 e.